The van der Waals surface area contributed by atoms with E-state index in [1.165, 1.54) is 0 Å². The van der Waals surface area contributed by atoms with Crippen molar-refractivity contribution in [3.8, 4) is 0 Å². The van der Waals surface area contributed by atoms with Crippen LogP contribution in [-0.4, -0.2) is 41.7 Å². The number of fused-ring (bicyclic) bond motifs is 4. The van der Waals surface area contributed by atoms with Gasteiger partial charge in [0.25, 0.3) is 0 Å². The number of hydrogen-bond donors (Lipinski definition) is 1. The minimum Gasteiger partial charge on any atom is -0.327 e. The van der Waals surface area contributed by atoms with Crippen molar-refractivity contribution in [1.82, 2.24) is 3.11 Å². The molecule has 3 atom stereocenters. The summed E-state index contributed by atoms with van der Waals surface area (Å²) in [5.74, 6) is 0.713. The molecule has 2 bridgehead atoms. The van der Waals surface area contributed by atoms with Gasteiger partial charge in [0.05, 0.1) is 11.5 Å². The molecule has 3 unspecified atom stereocenters. The molecular formula is C7H13IN2O2S. The summed E-state index contributed by atoms with van der Waals surface area (Å²) >= 11 is 2.21. The predicted octanol–water partition coefficient (Wildman–Crippen LogP) is -0.217. The fourth-order valence-corrected chi connectivity index (χ4v) is 5.38. The third-order valence-corrected chi connectivity index (χ3v) is 5.88. The number of rotatable bonds is 0. The average Bonchev–Trinajstić information content (AvgIpc) is 2.13. The van der Waals surface area contributed by atoms with E-state index in [1.54, 1.807) is 0 Å². The van der Waals surface area contributed by atoms with Gasteiger partial charge in [-0.3, -0.25) is 0 Å². The Balaban J connectivity index is 2.31. The standard InChI is InChI=1S/C7H13IN2O2S/c8-10-2-5-3-13(11,12)4-6(10)1-7(5)9/h5-7H,1-4,9H2. The van der Waals surface area contributed by atoms with Crippen LogP contribution in [0.15, 0.2) is 0 Å². The van der Waals surface area contributed by atoms with Gasteiger partial charge < -0.3 is 5.73 Å². The van der Waals surface area contributed by atoms with E-state index in [-0.39, 0.29) is 23.8 Å². The van der Waals surface area contributed by atoms with Gasteiger partial charge >= 0.3 is 0 Å². The lowest BCUT2D eigenvalue weighted by molar-refractivity contribution is 0.238. The Hall–Kier alpha value is 0.600. The van der Waals surface area contributed by atoms with E-state index in [2.05, 4.69) is 26.0 Å². The second-order valence-corrected chi connectivity index (χ2v) is 7.37. The molecule has 0 spiro atoms. The van der Waals surface area contributed by atoms with Gasteiger partial charge in [-0.25, -0.2) is 11.5 Å². The van der Waals surface area contributed by atoms with Gasteiger partial charge in [0.15, 0.2) is 9.84 Å². The molecule has 0 aromatic rings. The van der Waals surface area contributed by atoms with E-state index in [0.29, 0.717) is 5.75 Å². The zero-order valence-corrected chi connectivity index (χ0v) is 10.2. The molecule has 3 fully saturated rings. The fourth-order valence-electron chi connectivity index (χ4n) is 2.14. The number of nitrogens with two attached hydrogens (primary N) is 1. The first-order chi connectivity index (χ1) is 5.98. The van der Waals surface area contributed by atoms with Gasteiger partial charge in [-0.2, -0.15) is 0 Å². The first-order valence-corrected chi connectivity index (χ1v) is 7.15. The Morgan fingerprint density at radius 1 is 1.38 bits per heavy atom. The van der Waals surface area contributed by atoms with Gasteiger partial charge in [-0.15, -0.1) is 0 Å². The highest BCUT2D eigenvalue weighted by atomic mass is 127. The molecule has 13 heavy (non-hydrogen) atoms. The van der Waals surface area contributed by atoms with Crippen LogP contribution in [0.5, 0.6) is 0 Å². The third-order valence-electron chi connectivity index (χ3n) is 2.87. The maximum Gasteiger partial charge on any atom is 0.152 e. The molecule has 6 heteroatoms. The fraction of sp³-hybridized carbons (Fsp3) is 1.00. The summed E-state index contributed by atoms with van der Waals surface area (Å²) in [7, 11) is -2.85. The molecule has 3 heterocycles. The molecule has 3 aliphatic heterocycles. The van der Waals surface area contributed by atoms with Crippen LogP contribution < -0.4 is 5.73 Å². The zero-order chi connectivity index (χ0) is 9.64. The van der Waals surface area contributed by atoms with Crippen molar-refractivity contribution in [2.75, 3.05) is 18.1 Å². The Morgan fingerprint density at radius 2 is 2.08 bits per heavy atom. The molecule has 3 rings (SSSR count). The number of sulfone groups is 1. The highest BCUT2D eigenvalue weighted by Gasteiger charge is 2.41. The molecular weight excluding hydrogens is 303 g/mol. The first-order valence-electron chi connectivity index (χ1n) is 4.36. The molecule has 0 aromatic carbocycles. The molecule has 0 aromatic heterocycles. The molecule has 4 nitrogen and oxygen atoms in total. The topological polar surface area (TPSA) is 63.4 Å². The third kappa shape index (κ3) is 2.00. The van der Waals surface area contributed by atoms with E-state index >= 15 is 0 Å². The Morgan fingerprint density at radius 3 is 2.77 bits per heavy atom. The smallest absolute Gasteiger partial charge is 0.152 e. The summed E-state index contributed by atoms with van der Waals surface area (Å²) in [6.45, 7) is 0.825. The van der Waals surface area contributed by atoms with Crippen molar-refractivity contribution >= 4 is 32.7 Å². The van der Waals surface area contributed by atoms with Crippen LogP contribution >= 0.6 is 22.9 Å². The van der Waals surface area contributed by atoms with Crippen LogP contribution in [0.1, 0.15) is 6.42 Å². The van der Waals surface area contributed by atoms with E-state index < -0.39 is 9.84 Å². The van der Waals surface area contributed by atoms with Gasteiger partial charge in [-0.05, 0) is 6.42 Å². The lowest BCUT2D eigenvalue weighted by Gasteiger charge is -2.34. The van der Waals surface area contributed by atoms with Gasteiger partial charge in [-0.1, -0.05) is 0 Å². The number of hydrogen-bond acceptors (Lipinski definition) is 4. The summed E-state index contributed by atoms with van der Waals surface area (Å²) in [5.41, 5.74) is 5.91. The van der Waals surface area contributed by atoms with Crippen LogP contribution in [0.3, 0.4) is 0 Å². The summed E-state index contributed by atoms with van der Waals surface area (Å²) in [4.78, 5) is 0. The monoisotopic (exact) mass is 316 g/mol. The largest absolute Gasteiger partial charge is 0.327 e. The van der Waals surface area contributed by atoms with Crippen molar-refractivity contribution in [3.63, 3.8) is 0 Å². The van der Waals surface area contributed by atoms with Crippen molar-refractivity contribution in [2.24, 2.45) is 11.7 Å². The molecule has 76 valence electrons. The minimum atomic E-state index is -2.85. The molecule has 3 saturated heterocycles. The van der Waals surface area contributed by atoms with Crippen LogP contribution in [0.25, 0.3) is 0 Å². The van der Waals surface area contributed by atoms with Crippen molar-refractivity contribution in [1.29, 1.82) is 0 Å². The summed E-state index contributed by atoms with van der Waals surface area (Å²) in [5, 5.41) is 0. The maximum atomic E-state index is 11.5. The number of piperidine rings is 1. The zero-order valence-electron chi connectivity index (χ0n) is 7.19. The Labute approximate surface area is 92.3 Å². The first kappa shape index (κ1) is 10.1. The van der Waals surface area contributed by atoms with Gasteiger partial charge in [0.2, 0.25) is 0 Å². The van der Waals surface area contributed by atoms with Crippen LogP contribution in [0.2, 0.25) is 0 Å². The van der Waals surface area contributed by atoms with Crippen molar-refractivity contribution in [2.45, 2.75) is 18.5 Å². The van der Waals surface area contributed by atoms with Crippen molar-refractivity contribution in [3.05, 3.63) is 0 Å². The minimum absolute atomic E-state index is 0.0771. The van der Waals surface area contributed by atoms with Crippen LogP contribution in [-0.2, 0) is 9.84 Å². The highest BCUT2D eigenvalue weighted by Crippen LogP contribution is 2.30. The van der Waals surface area contributed by atoms with Crippen LogP contribution in [0.4, 0.5) is 0 Å². The molecule has 0 saturated carbocycles. The molecule has 2 N–H and O–H groups in total. The van der Waals surface area contributed by atoms with E-state index in [1.807, 2.05) is 0 Å². The second kappa shape index (κ2) is 3.32. The summed E-state index contributed by atoms with van der Waals surface area (Å²) < 4.78 is 25.2. The summed E-state index contributed by atoms with van der Waals surface area (Å²) in [6, 6.07) is 0.215. The molecule has 0 amide bonds. The van der Waals surface area contributed by atoms with E-state index in [0.717, 1.165) is 13.0 Å². The highest BCUT2D eigenvalue weighted by molar-refractivity contribution is 14.1. The van der Waals surface area contributed by atoms with Crippen molar-refractivity contribution < 1.29 is 8.42 Å². The molecule has 0 aliphatic carbocycles. The number of nitrogens with zero attached hydrogens (tertiary/aromatic N) is 1. The normalized spacial score (nSPS) is 44.6. The Bertz CT molecular complexity index is 282. The predicted molar refractivity (Wildman–Crippen MR) is 59.3 cm³/mol. The molecule has 0 radical (unpaired) electrons. The summed E-state index contributed by atoms with van der Waals surface area (Å²) in [6.07, 6.45) is 0.826. The lowest BCUT2D eigenvalue weighted by atomic mass is 9.92. The maximum absolute atomic E-state index is 11.5. The Kier molecular flexibility index (Phi) is 2.59. The van der Waals surface area contributed by atoms with Crippen LogP contribution in [0, 0.1) is 5.92 Å². The van der Waals surface area contributed by atoms with Gasteiger partial charge in [0.1, 0.15) is 0 Å². The average molecular weight is 316 g/mol. The number of halogens is 1. The SMILES string of the molecule is NC1CC2CS(=O)(=O)CC1CN2I. The molecule has 3 aliphatic rings. The second-order valence-electron chi connectivity index (χ2n) is 3.97. The van der Waals surface area contributed by atoms with Gasteiger partial charge in [0, 0.05) is 47.4 Å². The quantitative estimate of drug-likeness (QED) is 0.496. The van der Waals surface area contributed by atoms with E-state index in [4.69, 9.17) is 5.73 Å². The lowest BCUT2D eigenvalue weighted by Crippen LogP contribution is -2.48. The van der Waals surface area contributed by atoms with E-state index in [9.17, 15) is 8.42 Å².